The van der Waals surface area contributed by atoms with Gasteiger partial charge in [0.1, 0.15) is 0 Å². The van der Waals surface area contributed by atoms with Crippen LogP contribution in [0.2, 0.25) is 0 Å². The van der Waals surface area contributed by atoms with Gasteiger partial charge >= 0.3 is 6.03 Å². The first-order chi connectivity index (χ1) is 5.79. The Morgan fingerprint density at radius 1 is 1.08 bits per heavy atom. The molecule has 12 heavy (non-hydrogen) atoms. The number of carbonyl (C=O) groups is 1. The first kappa shape index (κ1) is 8.84. The molecule has 0 saturated carbocycles. The van der Waals surface area contributed by atoms with Crippen molar-refractivity contribution in [3.63, 3.8) is 0 Å². The van der Waals surface area contributed by atoms with Crippen LogP contribution in [0.15, 0.2) is 25.6 Å². The zero-order valence-electron chi connectivity index (χ0n) is 7.20. The molecule has 0 atom stereocenters. The van der Waals surface area contributed by atoms with Gasteiger partial charge in [0.05, 0.1) is 0 Å². The molecule has 1 aliphatic rings. The molecule has 0 aromatic rings. The molecule has 2 amide bonds. The number of urea groups is 1. The zero-order chi connectivity index (χ0) is 8.97. The van der Waals surface area contributed by atoms with Crippen LogP contribution < -0.4 is 0 Å². The van der Waals surface area contributed by atoms with Crippen LogP contribution in [0.25, 0.3) is 0 Å². The van der Waals surface area contributed by atoms with E-state index < -0.39 is 0 Å². The number of hydrogen-bond donors (Lipinski definition) is 0. The van der Waals surface area contributed by atoms with E-state index in [-0.39, 0.29) is 6.03 Å². The van der Waals surface area contributed by atoms with Gasteiger partial charge in [0.15, 0.2) is 0 Å². The molecule has 1 rings (SSSR count). The van der Waals surface area contributed by atoms with E-state index in [4.69, 9.17) is 0 Å². The topological polar surface area (TPSA) is 23.6 Å². The Morgan fingerprint density at radius 2 is 1.50 bits per heavy atom. The Morgan fingerprint density at radius 3 is 1.83 bits per heavy atom. The molecule has 0 aromatic carbocycles. The van der Waals surface area contributed by atoms with Gasteiger partial charge in [-0.1, -0.05) is 13.2 Å². The van der Waals surface area contributed by atoms with Crippen LogP contribution >= 0.6 is 0 Å². The highest BCUT2D eigenvalue weighted by Gasteiger charge is 2.19. The molecule has 0 radical (unpaired) electrons. The molecule has 1 saturated heterocycles. The highest BCUT2D eigenvalue weighted by atomic mass is 16.2. The fourth-order valence-corrected chi connectivity index (χ4v) is 1.26. The molecule has 3 nitrogen and oxygen atoms in total. The summed E-state index contributed by atoms with van der Waals surface area (Å²) >= 11 is 0. The van der Waals surface area contributed by atoms with Crippen LogP contribution in [0.1, 0.15) is 12.8 Å². The van der Waals surface area contributed by atoms with Crippen LogP contribution in [0.3, 0.4) is 0 Å². The average Bonchev–Trinajstić information content (AvgIpc) is 2.27. The summed E-state index contributed by atoms with van der Waals surface area (Å²) in [5.41, 5.74) is 0. The molecule has 0 aliphatic carbocycles. The van der Waals surface area contributed by atoms with Crippen molar-refractivity contribution in [2.45, 2.75) is 12.8 Å². The third-order valence-electron chi connectivity index (χ3n) is 1.98. The van der Waals surface area contributed by atoms with Gasteiger partial charge in [-0.05, 0) is 12.8 Å². The van der Waals surface area contributed by atoms with Crippen molar-refractivity contribution in [2.75, 3.05) is 13.1 Å². The average molecular weight is 166 g/mol. The highest BCUT2D eigenvalue weighted by molar-refractivity contribution is 5.76. The van der Waals surface area contributed by atoms with Crippen molar-refractivity contribution in [3.05, 3.63) is 25.6 Å². The van der Waals surface area contributed by atoms with Gasteiger partial charge in [-0.2, -0.15) is 0 Å². The van der Waals surface area contributed by atoms with Gasteiger partial charge < -0.3 is 9.80 Å². The Labute approximate surface area is 73.0 Å². The van der Waals surface area contributed by atoms with Crippen molar-refractivity contribution in [2.24, 2.45) is 0 Å². The maximum atomic E-state index is 11.5. The Hall–Kier alpha value is -1.25. The lowest BCUT2D eigenvalue weighted by Gasteiger charge is -2.21. The highest BCUT2D eigenvalue weighted by Crippen LogP contribution is 2.09. The van der Waals surface area contributed by atoms with Crippen LogP contribution in [0.4, 0.5) is 4.79 Å². The molecule has 0 aromatic heterocycles. The van der Waals surface area contributed by atoms with Crippen LogP contribution in [-0.4, -0.2) is 28.9 Å². The molecule has 0 N–H and O–H groups in total. The van der Waals surface area contributed by atoms with Gasteiger partial charge in [0.25, 0.3) is 0 Å². The third-order valence-corrected chi connectivity index (χ3v) is 1.98. The van der Waals surface area contributed by atoms with E-state index in [1.807, 2.05) is 0 Å². The van der Waals surface area contributed by atoms with Crippen molar-refractivity contribution in [3.8, 4) is 0 Å². The quantitative estimate of drug-likeness (QED) is 0.613. The summed E-state index contributed by atoms with van der Waals surface area (Å²) in [6.45, 7) is 8.72. The Bertz CT molecular complexity index is 181. The first-order valence-corrected chi connectivity index (χ1v) is 4.12. The van der Waals surface area contributed by atoms with Crippen LogP contribution in [0.5, 0.6) is 0 Å². The maximum Gasteiger partial charge on any atom is 0.327 e. The third kappa shape index (κ3) is 1.67. The second kappa shape index (κ2) is 3.95. The monoisotopic (exact) mass is 166 g/mol. The van der Waals surface area contributed by atoms with E-state index in [0.29, 0.717) is 0 Å². The molecule has 3 heteroatoms. The maximum absolute atomic E-state index is 11.5. The minimum absolute atomic E-state index is 0.0162. The normalized spacial score (nSPS) is 18.8. The summed E-state index contributed by atoms with van der Waals surface area (Å²) in [4.78, 5) is 14.8. The Kier molecular flexibility index (Phi) is 2.91. The number of amides is 2. The first-order valence-electron chi connectivity index (χ1n) is 4.12. The second-order valence-electron chi connectivity index (χ2n) is 2.74. The molecular formula is C9H14N2O. The Balaban J connectivity index is 2.71. The molecule has 0 bridgehead atoms. The minimum atomic E-state index is -0.0162. The van der Waals surface area contributed by atoms with Gasteiger partial charge in [-0.25, -0.2) is 4.79 Å². The largest absolute Gasteiger partial charge is 0.327 e. The summed E-state index contributed by atoms with van der Waals surface area (Å²) in [6, 6.07) is -0.0162. The molecule has 1 aliphatic heterocycles. The minimum Gasteiger partial charge on any atom is -0.301 e. The predicted molar refractivity (Wildman–Crippen MR) is 48.4 cm³/mol. The molecule has 66 valence electrons. The lowest BCUT2D eigenvalue weighted by molar-refractivity contribution is 0.194. The van der Waals surface area contributed by atoms with Gasteiger partial charge in [-0.3, -0.25) is 0 Å². The SMILES string of the molecule is C=CN1CCCCN(C=C)C1=O. The second-order valence-corrected chi connectivity index (χ2v) is 2.74. The summed E-state index contributed by atoms with van der Waals surface area (Å²) in [6.07, 6.45) is 5.21. The van der Waals surface area contributed by atoms with Crippen molar-refractivity contribution in [1.29, 1.82) is 0 Å². The predicted octanol–water partition coefficient (Wildman–Crippen LogP) is 1.79. The van der Waals surface area contributed by atoms with E-state index in [0.717, 1.165) is 25.9 Å². The van der Waals surface area contributed by atoms with E-state index in [2.05, 4.69) is 13.2 Å². The smallest absolute Gasteiger partial charge is 0.301 e. The molecule has 1 fully saturated rings. The van der Waals surface area contributed by atoms with Gasteiger partial charge in [0, 0.05) is 25.5 Å². The standard InChI is InChI=1S/C9H14N2O/c1-3-10-7-5-6-8-11(4-2)9(10)12/h3-4H,1-2,5-8H2. The fourth-order valence-electron chi connectivity index (χ4n) is 1.26. The summed E-state index contributed by atoms with van der Waals surface area (Å²) < 4.78 is 0. The molecular weight excluding hydrogens is 152 g/mol. The van der Waals surface area contributed by atoms with Gasteiger partial charge in [0.2, 0.25) is 0 Å². The fraction of sp³-hybridized carbons (Fsp3) is 0.444. The molecule has 0 spiro atoms. The zero-order valence-corrected chi connectivity index (χ0v) is 7.20. The van der Waals surface area contributed by atoms with Gasteiger partial charge in [-0.15, -0.1) is 0 Å². The van der Waals surface area contributed by atoms with Crippen LogP contribution in [0, 0.1) is 0 Å². The lowest BCUT2D eigenvalue weighted by atomic mass is 10.3. The summed E-state index contributed by atoms with van der Waals surface area (Å²) in [5, 5.41) is 0. The summed E-state index contributed by atoms with van der Waals surface area (Å²) in [5.74, 6) is 0. The summed E-state index contributed by atoms with van der Waals surface area (Å²) in [7, 11) is 0. The number of carbonyl (C=O) groups excluding carboxylic acids is 1. The van der Waals surface area contributed by atoms with E-state index in [1.165, 1.54) is 0 Å². The van der Waals surface area contributed by atoms with Crippen molar-refractivity contribution < 1.29 is 4.79 Å². The van der Waals surface area contributed by atoms with E-state index in [1.54, 1.807) is 22.2 Å². The number of hydrogen-bond acceptors (Lipinski definition) is 1. The number of rotatable bonds is 2. The lowest BCUT2D eigenvalue weighted by Crippen LogP contribution is -2.35. The van der Waals surface area contributed by atoms with E-state index in [9.17, 15) is 4.79 Å². The van der Waals surface area contributed by atoms with E-state index >= 15 is 0 Å². The molecule has 1 heterocycles. The van der Waals surface area contributed by atoms with Crippen LogP contribution in [-0.2, 0) is 0 Å². The van der Waals surface area contributed by atoms with Crippen molar-refractivity contribution in [1.82, 2.24) is 9.80 Å². The number of nitrogens with zero attached hydrogens (tertiary/aromatic N) is 2. The van der Waals surface area contributed by atoms with Crippen molar-refractivity contribution >= 4 is 6.03 Å². The molecule has 0 unspecified atom stereocenters.